The van der Waals surface area contributed by atoms with Gasteiger partial charge < -0.3 is 9.64 Å². The Bertz CT molecular complexity index is 742. The van der Waals surface area contributed by atoms with Gasteiger partial charge in [-0.25, -0.2) is 4.79 Å². The molecule has 0 aromatic carbocycles. The molecule has 3 heterocycles. The molecule has 0 bridgehead atoms. The lowest BCUT2D eigenvalue weighted by Crippen LogP contribution is -2.54. The van der Waals surface area contributed by atoms with Crippen molar-refractivity contribution < 1.29 is 14.3 Å². The van der Waals surface area contributed by atoms with Gasteiger partial charge in [-0.3, -0.25) is 9.78 Å². The molecule has 24 heavy (non-hydrogen) atoms. The number of hydrogen-bond acceptors (Lipinski definition) is 5. The summed E-state index contributed by atoms with van der Waals surface area (Å²) in [5, 5.41) is 0.0701. The van der Waals surface area contributed by atoms with Gasteiger partial charge in [0.25, 0.3) is 5.91 Å². The van der Waals surface area contributed by atoms with E-state index in [4.69, 9.17) is 4.74 Å². The van der Waals surface area contributed by atoms with Gasteiger partial charge in [0.2, 0.25) is 0 Å². The molecule has 2 saturated heterocycles. The van der Waals surface area contributed by atoms with Crippen LogP contribution >= 0.6 is 11.8 Å². The zero-order valence-corrected chi connectivity index (χ0v) is 14.8. The fourth-order valence-corrected chi connectivity index (χ4v) is 4.40. The summed E-state index contributed by atoms with van der Waals surface area (Å²) in [7, 11) is 0. The van der Waals surface area contributed by atoms with Gasteiger partial charge in [-0.15, -0.1) is 11.8 Å². The summed E-state index contributed by atoms with van der Waals surface area (Å²) in [6.07, 6.45) is 4.84. The average molecular weight is 344 g/mol. The summed E-state index contributed by atoms with van der Waals surface area (Å²) in [5.41, 5.74) is 1.74. The highest BCUT2D eigenvalue weighted by molar-refractivity contribution is 8.01. The molecule has 1 unspecified atom stereocenters. The Morgan fingerprint density at radius 2 is 2.29 bits per heavy atom. The molecule has 2 atom stereocenters. The lowest BCUT2D eigenvalue weighted by atomic mass is 9.96. The van der Waals surface area contributed by atoms with Crippen molar-refractivity contribution in [1.82, 2.24) is 9.88 Å². The first-order valence-electron chi connectivity index (χ1n) is 7.81. The van der Waals surface area contributed by atoms with Crippen molar-refractivity contribution in [2.24, 2.45) is 0 Å². The Morgan fingerprint density at radius 1 is 1.54 bits per heavy atom. The molecule has 2 aliphatic rings. The summed E-state index contributed by atoms with van der Waals surface area (Å²) < 4.78 is 5.05. The fourth-order valence-electron chi connectivity index (χ4n) is 2.83. The number of aromatic nitrogens is 1. The van der Waals surface area contributed by atoms with Gasteiger partial charge in [0, 0.05) is 17.0 Å². The van der Waals surface area contributed by atoms with Gasteiger partial charge >= 0.3 is 5.97 Å². The van der Waals surface area contributed by atoms with E-state index in [0.29, 0.717) is 11.3 Å². The smallest absolute Gasteiger partial charge is 0.338 e. The van der Waals surface area contributed by atoms with Crippen molar-refractivity contribution in [2.45, 2.75) is 36.9 Å². The van der Waals surface area contributed by atoms with E-state index in [1.165, 1.54) is 6.08 Å². The van der Waals surface area contributed by atoms with Crippen LogP contribution in [0.1, 0.15) is 36.8 Å². The van der Waals surface area contributed by atoms with Gasteiger partial charge in [-0.05, 0) is 39.0 Å². The standard InChI is InChI=1S/C18H20N2O3S/c1-5-8-23-17(22)12-6-7-19-13(9-12)10-14-15(21)20-11(2)18(3,4)24-16(14)20/h5-7,9-11,16H,1,8H2,2-4H3/b14-10-/t11-,16?/m0/s1. The third-order valence-electron chi connectivity index (χ3n) is 4.49. The number of rotatable bonds is 4. The van der Waals surface area contributed by atoms with Crippen LogP contribution in [0.2, 0.25) is 0 Å². The van der Waals surface area contributed by atoms with E-state index in [2.05, 4.69) is 32.3 Å². The summed E-state index contributed by atoms with van der Waals surface area (Å²) in [5.74, 6) is -0.379. The quantitative estimate of drug-likeness (QED) is 0.364. The Kier molecular flexibility index (Phi) is 4.25. The largest absolute Gasteiger partial charge is 0.458 e. The van der Waals surface area contributed by atoms with E-state index in [1.54, 1.807) is 36.2 Å². The number of hydrogen-bond donors (Lipinski definition) is 0. The van der Waals surface area contributed by atoms with Crippen LogP contribution in [0, 0.1) is 0 Å². The van der Waals surface area contributed by atoms with Crippen LogP contribution in [-0.2, 0) is 9.53 Å². The lowest BCUT2D eigenvalue weighted by molar-refractivity contribution is -0.135. The molecule has 126 valence electrons. The van der Waals surface area contributed by atoms with E-state index in [-0.39, 0.29) is 28.7 Å². The maximum atomic E-state index is 12.4. The second-order valence-electron chi connectivity index (χ2n) is 6.42. The monoisotopic (exact) mass is 344 g/mol. The van der Waals surface area contributed by atoms with Gasteiger partial charge in [-0.2, -0.15) is 0 Å². The zero-order valence-electron chi connectivity index (χ0n) is 14.0. The van der Waals surface area contributed by atoms with Gasteiger partial charge in [-0.1, -0.05) is 12.7 Å². The minimum atomic E-state index is -0.427. The van der Waals surface area contributed by atoms with Crippen molar-refractivity contribution in [2.75, 3.05) is 6.61 Å². The molecule has 0 saturated carbocycles. The molecule has 0 radical (unpaired) electrons. The molecular weight excluding hydrogens is 324 g/mol. The predicted octanol–water partition coefficient (Wildman–Crippen LogP) is 2.89. The third-order valence-corrected chi connectivity index (χ3v) is 6.14. The van der Waals surface area contributed by atoms with E-state index in [1.807, 2.05) is 4.90 Å². The number of amides is 1. The second-order valence-corrected chi connectivity index (χ2v) is 8.15. The summed E-state index contributed by atoms with van der Waals surface area (Å²) >= 11 is 1.78. The number of pyridine rings is 1. The molecule has 6 heteroatoms. The molecule has 0 N–H and O–H groups in total. The molecule has 2 fully saturated rings. The van der Waals surface area contributed by atoms with E-state index in [0.717, 1.165) is 5.57 Å². The fraction of sp³-hybridized carbons (Fsp3) is 0.389. The molecule has 5 nitrogen and oxygen atoms in total. The van der Waals surface area contributed by atoms with Gasteiger partial charge in [0.15, 0.2) is 0 Å². The molecule has 2 aliphatic heterocycles. The molecule has 1 amide bonds. The van der Waals surface area contributed by atoms with Crippen LogP contribution in [0.15, 0.2) is 36.6 Å². The Labute approximate surface area is 145 Å². The minimum Gasteiger partial charge on any atom is -0.458 e. The highest BCUT2D eigenvalue weighted by Crippen LogP contribution is 2.52. The number of carbonyl (C=O) groups excluding carboxylic acids is 2. The van der Waals surface area contributed by atoms with Crippen molar-refractivity contribution in [3.05, 3.63) is 47.8 Å². The molecule has 0 spiro atoms. The summed E-state index contributed by atoms with van der Waals surface area (Å²) in [4.78, 5) is 30.5. The third kappa shape index (κ3) is 2.75. The number of carbonyl (C=O) groups is 2. The highest BCUT2D eigenvalue weighted by Gasteiger charge is 2.56. The van der Waals surface area contributed by atoms with Crippen LogP contribution in [-0.4, -0.2) is 44.5 Å². The van der Waals surface area contributed by atoms with Gasteiger partial charge in [0.1, 0.15) is 12.0 Å². The van der Waals surface area contributed by atoms with E-state index < -0.39 is 5.97 Å². The average Bonchev–Trinajstić information content (AvgIpc) is 2.78. The van der Waals surface area contributed by atoms with Crippen LogP contribution < -0.4 is 0 Å². The van der Waals surface area contributed by atoms with Crippen LogP contribution in [0.25, 0.3) is 6.08 Å². The maximum absolute atomic E-state index is 12.4. The summed E-state index contributed by atoms with van der Waals surface area (Å²) in [6, 6.07) is 3.44. The molecule has 0 aliphatic carbocycles. The SMILES string of the molecule is C=CCOC(=O)c1ccnc(/C=C2/C(=O)N3C2SC(C)(C)[C@@H]3C)c1. The topological polar surface area (TPSA) is 59.5 Å². The second kappa shape index (κ2) is 6.09. The van der Waals surface area contributed by atoms with Crippen LogP contribution in [0.3, 0.4) is 0 Å². The number of fused-ring (bicyclic) bond motifs is 1. The first-order valence-corrected chi connectivity index (χ1v) is 8.69. The first kappa shape index (κ1) is 16.8. The van der Waals surface area contributed by atoms with Crippen molar-refractivity contribution in [3.8, 4) is 0 Å². The Balaban J connectivity index is 1.82. The highest BCUT2D eigenvalue weighted by atomic mass is 32.2. The number of esters is 1. The van der Waals surface area contributed by atoms with Crippen molar-refractivity contribution in [3.63, 3.8) is 0 Å². The van der Waals surface area contributed by atoms with Crippen molar-refractivity contribution in [1.29, 1.82) is 0 Å². The molecular formula is C18H20N2O3S. The van der Waals surface area contributed by atoms with Crippen LogP contribution in [0.4, 0.5) is 0 Å². The number of β-lactam (4-membered cyclic amide) rings is 1. The summed E-state index contributed by atoms with van der Waals surface area (Å²) in [6.45, 7) is 10.1. The van der Waals surface area contributed by atoms with Crippen molar-refractivity contribution >= 4 is 29.7 Å². The van der Waals surface area contributed by atoms with Crippen LogP contribution in [0.5, 0.6) is 0 Å². The normalized spacial score (nSPS) is 26.0. The molecule has 1 aromatic heterocycles. The number of thioether (sulfide) groups is 1. The maximum Gasteiger partial charge on any atom is 0.338 e. The molecule has 3 rings (SSSR count). The Morgan fingerprint density at radius 3 is 3.00 bits per heavy atom. The number of nitrogens with zero attached hydrogens (tertiary/aromatic N) is 2. The first-order chi connectivity index (χ1) is 11.3. The van der Waals surface area contributed by atoms with E-state index in [9.17, 15) is 9.59 Å². The lowest BCUT2D eigenvalue weighted by Gasteiger charge is -2.39. The van der Waals surface area contributed by atoms with E-state index >= 15 is 0 Å². The predicted molar refractivity (Wildman–Crippen MR) is 94.5 cm³/mol. The number of ether oxygens (including phenoxy) is 1. The molecule has 1 aromatic rings. The minimum absolute atomic E-state index is 0.0275. The zero-order chi connectivity index (χ0) is 17.5. The Hall–Kier alpha value is -2.08. The van der Waals surface area contributed by atoms with Gasteiger partial charge in [0.05, 0.1) is 16.8 Å².